The highest BCUT2D eigenvalue weighted by Gasteiger charge is 2.54. The minimum atomic E-state index is -0.155. The molecule has 3 aliphatic carbocycles. The van der Waals surface area contributed by atoms with Gasteiger partial charge in [0, 0.05) is 10.8 Å². The van der Waals surface area contributed by atoms with E-state index in [0.717, 1.165) is 17.8 Å². The Balaban J connectivity index is 1.56. The van der Waals surface area contributed by atoms with Crippen LogP contribution in [-0.2, 0) is 10.3 Å². The Morgan fingerprint density at radius 2 is 1.76 bits per heavy atom. The molecule has 2 heterocycles. The number of rotatable bonds is 2. The minimum Gasteiger partial charge on any atom is -0.361 e. The predicted octanol–water partition coefficient (Wildman–Crippen LogP) is 7.97. The monoisotopic (exact) mass is 412 g/mol. The van der Waals surface area contributed by atoms with Crippen molar-refractivity contribution in [3.05, 3.63) is 34.5 Å². The molecule has 0 bridgehead atoms. The summed E-state index contributed by atoms with van der Waals surface area (Å²) in [5.41, 5.74) is 0.199. The zero-order valence-electron chi connectivity index (χ0n) is 18.7. The van der Waals surface area contributed by atoms with Gasteiger partial charge in [0.25, 0.3) is 0 Å². The summed E-state index contributed by atoms with van der Waals surface area (Å²) in [4.78, 5) is 1.46. The highest BCUT2D eigenvalue weighted by atomic mass is 32.1. The van der Waals surface area contributed by atoms with Gasteiger partial charge in [-0.05, 0) is 66.2 Å². The van der Waals surface area contributed by atoms with Crippen molar-refractivity contribution in [3.8, 4) is 0 Å². The maximum atomic E-state index is 7.48. The normalized spacial score (nSPS) is 41.0. The SMILES string of the molecule is CC(C)(C)C1CC2CCCCC2C2OC(c3cccs3)(C3CCCCC3)C=CC21. The standard InChI is InChI=1S/C27H40OS/c1-26(2,3)23-18-19-10-7-8-13-21(19)25-22(23)15-16-27(28-25,24-14-9-17-29-24)20-11-5-4-6-12-20/h9,14-17,19-23,25H,4-8,10-13,18H2,1-3H3. The third-order valence-electron chi connectivity index (χ3n) is 8.92. The van der Waals surface area contributed by atoms with Crippen molar-refractivity contribution in [2.75, 3.05) is 0 Å². The van der Waals surface area contributed by atoms with Crippen LogP contribution >= 0.6 is 11.3 Å². The lowest BCUT2D eigenvalue weighted by molar-refractivity contribution is -0.193. The van der Waals surface area contributed by atoms with Gasteiger partial charge in [-0.3, -0.25) is 0 Å². The summed E-state index contributed by atoms with van der Waals surface area (Å²) in [6, 6.07) is 4.59. The summed E-state index contributed by atoms with van der Waals surface area (Å²) in [7, 11) is 0. The Bertz CT molecular complexity index is 707. The van der Waals surface area contributed by atoms with Crippen LogP contribution in [0, 0.1) is 35.0 Å². The van der Waals surface area contributed by atoms with Crippen LogP contribution in [0.2, 0.25) is 0 Å². The van der Waals surface area contributed by atoms with Crippen molar-refractivity contribution in [1.82, 2.24) is 0 Å². The lowest BCUT2D eigenvalue weighted by Gasteiger charge is -2.57. The highest BCUT2D eigenvalue weighted by molar-refractivity contribution is 7.10. The fourth-order valence-corrected chi connectivity index (χ4v) is 8.35. The second-order valence-corrected chi connectivity index (χ2v) is 12.5. The van der Waals surface area contributed by atoms with E-state index in [1.165, 1.54) is 69.1 Å². The van der Waals surface area contributed by atoms with E-state index < -0.39 is 0 Å². The third kappa shape index (κ3) is 3.57. The summed E-state index contributed by atoms with van der Waals surface area (Å²) in [6.07, 6.45) is 19.5. The molecule has 0 N–H and O–H groups in total. The van der Waals surface area contributed by atoms with Crippen LogP contribution < -0.4 is 0 Å². The van der Waals surface area contributed by atoms with Gasteiger partial charge in [0.2, 0.25) is 0 Å². The van der Waals surface area contributed by atoms with Gasteiger partial charge in [0.05, 0.1) is 6.10 Å². The minimum absolute atomic E-state index is 0.155. The maximum absolute atomic E-state index is 7.48. The van der Waals surface area contributed by atoms with Crippen LogP contribution in [0.15, 0.2) is 29.7 Å². The molecule has 1 aromatic heterocycles. The van der Waals surface area contributed by atoms with Crippen molar-refractivity contribution in [2.24, 2.45) is 35.0 Å². The van der Waals surface area contributed by atoms with Gasteiger partial charge < -0.3 is 4.74 Å². The Morgan fingerprint density at radius 1 is 1.00 bits per heavy atom. The molecule has 2 heteroatoms. The van der Waals surface area contributed by atoms with Crippen LogP contribution in [-0.4, -0.2) is 6.10 Å². The lowest BCUT2D eigenvalue weighted by Crippen LogP contribution is -2.55. The molecule has 29 heavy (non-hydrogen) atoms. The molecule has 3 saturated carbocycles. The van der Waals surface area contributed by atoms with E-state index in [1.54, 1.807) is 0 Å². The second-order valence-electron chi connectivity index (χ2n) is 11.5. The molecule has 1 aliphatic heterocycles. The van der Waals surface area contributed by atoms with Gasteiger partial charge in [-0.15, -0.1) is 11.3 Å². The van der Waals surface area contributed by atoms with Gasteiger partial charge in [-0.25, -0.2) is 0 Å². The Kier molecular flexibility index (Phi) is 5.48. The fourth-order valence-electron chi connectivity index (χ4n) is 7.42. The third-order valence-corrected chi connectivity index (χ3v) is 9.92. The molecule has 0 aromatic carbocycles. The highest BCUT2D eigenvalue weighted by Crippen LogP contribution is 2.57. The van der Waals surface area contributed by atoms with Crippen molar-refractivity contribution in [1.29, 1.82) is 0 Å². The van der Waals surface area contributed by atoms with Gasteiger partial charge in [0.1, 0.15) is 5.60 Å². The van der Waals surface area contributed by atoms with E-state index in [2.05, 4.69) is 50.4 Å². The zero-order valence-corrected chi connectivity index (χ0v) is 19.6. The summed E-state index contributed by atoms with van der Waals surface area (Å²) in [5.74, 6) is 3.67. The Labute approximate surface area is 182 Å². The summed E-state index contributed by atoms with van der Waals surface area (Å²) < 4.78 is 7.48. The predicted molar refractivity (Wildman–Crippen MR) is 123 cm³/mol. The van der Waals surface area contributed by atoms with Crippen molar-refractivity contribution in [3.63, 3.8) is 0 Å². The molecule has 0 spiro atoms. The molecule has 0 radical (unpaired) electrons. The topological polar surface area (TPSA) is 9.23 Å². The molecule has 0 saturated heterocycles. The van der Waals surface area contributed by atoms with Crippen molar-refractivity contribution in [2.45, 2.75) is 96.7 Å². The fraction of sp³-hybridized carbons (Fsp3) is 0.778. The molecule has 6 unspecified atom stereocenters. The summed E-state index contributed by atoms with van der Waals surface area (Å²) >= 11 is 1.92. The molecule has 3 fully saturated rings. The first-order valence-corrected chi connectivity index (χ1v) is 13.3. The van der Waals surface area contributed by atoms with E-state index in [0.29, 0.717) is 23.4 Å². The molecule has 1 nitrogen and oxygen atoms in total. The summed E-state index contributed by atoms with van der Waals surface area (Å²) in [6.45, 7) is 7.40. The number of fused-ring (bicyclic) bond motifs is 3. The van der Waals surface area contributed by atoms with Gasteiger partial charge >= 0.3 is 0 Å². The van der Waals surface area contributed by atoms with E-state index in [4.69, 9.17) is 4.74 Å². The van der Waals surface area contributed by atoms with Crippen LogP contribution in [0.25, 0.3) is 0 Å². The summed E-state index contributed by atoms with van der Waals surface area (Å²) in [5, 5.41) is 2.26. The van der Waals surface area contributed by atoms with E-state index in [9.17, 15) is 0 Å². The van der Waals surface area contributed by atoms with Crippen molar-refractivity contribution < 1.29 is 4.74 Å². The van der Waals surface area contributed by atoms with Gasteiger partial charge in [0.15, 0.2) is 0 Å². The van der Waals surface area contributed by atoms with E-state index >= 15 is 0 Å². The number of hydrogen-bond donors (Lipinski definition) is 0. The molecule has 1 aromatic rings. The van der Waals surface area contributed by atoms with Crippen LogP contribution in [0.4, 0.5) is 0 Å². The van der Waals surface area contributed by atoms with E-state index in [1.807, 2.05) is 11.3 Å². The van der Waals surface area contributed by atoms with Gasteiger partial charge in [-0.2, -0.15) is 0 Å². The molecule has 160 valence electrons. The Hall–Kier alpha value is -0.600. The molecular weight excluding hydrogens is 372 g/mol. The number of ether oxygens (including phenoxy) is 1. The molecule has 4 aliphatic rings. The molecule has 0 amide bonds. The van der Waals surface area contributed by atoms with Crippen LogP contribution in [0.3, 0.4) is 0 Å². The van der Waals surface area contributed by atoms with Gasteiger partial charge in [-0.1, -0.05) is 77.5 Å². The molecular formula is C27H40OS. The maximum Gasteiger partial charge on any atom is 0.123 e. The average Bonchev–Trinajstić information content (AvgIpc) is 3.28. The largest absolute Gasteiger partial charge is 0.361 e. The molecule has 5 rings (SSSR count). The number of hydrogen-bond acceptors (Lipinski definition) is 2. The van der Waals surface area contributed by atoms with E-state index in [-0.39, 0.29) is 5.60 Å². The lowest BCUT2D eigenvalue weighted by atomic mass is 9.55. The zero-order chi connectivity index (χ0) is 20.1. The van der Waals surface area contributed by atoms with Crippen molar-refractivity contribution >= 4 is 11.3 Å². The first-order chi connectivity index (χ1) is 14.0. The first-order valence-electron chi connectivity index (χ1n) is 12.4. The molecule has 6 atom stereocenters. The smallest absolute Gasteiger partial charge is 0.123 e. The second kappa shape index (κ2) is 7.83. The average molecular weight is 413 g/mol. The number of thiophene rings is 1. The van der Waals surface area contributed by atoms with Crippen LogP contribution in [0.1, 0.15) is 89.9 Å². The van der Waals surface area contributed by atoms with Crippen LogP contribution in [0.5, 0.6) is 0 Å². The first kappa shape index (κ1) is 20.3. The Morgan fingerprint density at radius 3 is 2.48 bits per heavy atom. The quantitative estimate of drug-likeness (QED) is 0.447.